The van der Waals surface area contributed by atoms with E-state index in [1.54, 1.807) is 24.3 Å². The van der Waals surface area contributed by atoms with Crippen molar-refractivity contribution in [1.82, 2.24) is 10.0 Å². The Morgan fingerprint density at radius 2 is 1.80 bits per heavy atom. The minimum atomic E-state index is -3.54. The fourth-order valence-corrected chi connectivity index (χ4v) is 5.05. The van der Waals surface area contributed by atoms with E-state index in [2.05, 4.69) is 10.0 Å². The van der Waals surface area contributed by atoms with Crippen LogP contribution in [-0.2, 0) is 14.8 Å². The van der Waals surface area contributed by atoms with Crippen LogP contribution in [0.2, 0.25) is 0 Å². The number of halogens is 1. The van der Waals surface area contributed by atoms with E-state index in [0.29, 0.717) is 11.8 Å². The molecule has 2 aliphatic rings. The summed E-state index contributed by atoms with van der Waals surface area (Å²) < 4.78 is 26.8. The monoisotopic (exact) mass is 387 g/mol. The number of aryl methyl sites for hydroxylation is 1. The van der Waals surface area contributed by atoms with Crippen LogP contribution in [0.5, 0.6) is 0 Å². The van der Waals surface area contributed by atoms with Gasteiger partial charge in [-0.3, -0.25) is 4.79 Å². The number of carbonyl (C=O) groups excluding carboxylic acids is 1. The summed E-state index contributed by atoms with van der Waals surface area (Å²) >= 11 is 0. The van der Waals surface area contributed by atoms with Crippen LogP contribution in [-0.4, -0.2) is 33.5 Å². The number of hydrogen-bond acceptors (Lipinski definition) is 4. The van der Waals surface area contributed by atoms with E-state index < -0.39 is 10.0 Å². The van der Waals surface area contributed by atoms with E-state index in [9.17, 15) is 13.2 Å². The molecule has 8 heteroatoms. The van der Waals surface area contributed by atoms with E-state index >= 15 is 0 Å². The minimum Gasteiger partial charge on any atom is -0.354 e. The number of rotatable bonds is 6. The maximum Gasteiger partial charge on any atom is 0.240 e. The van der Waals surface area contributed by atoms with Crippen molar-refractivity contribution in [1.29, 1.82) is 0 Å². The van der Waals surface area contributed by atoms with Gasteiger partial charge in [-0.1, -0.05) is 17.7 Å². The van der Waals surface area contributed by atoms with Crippen LogP contribution in [0.15, 0.2) is 29.2 Å². The second-order valence-corrected chi connectivity index (χ2v) is 8.71. The lowest BCUT2D eigenvalue weighted by Crippen LogP contribution is -2.46. The van der Waals surface area contributed by atoms with Gasteiger partial charge >= 0.3 is 0 Å². The standard InChI is InChI=1S/C17H25N3O3S.ClH/c1-11-2-6-14(7-3-11)24(22,23)20-9-8-19-17(21)15-12-4-5-13(10-12)16(15)18;/h2-3,6-7,12-13,15-16,20H,4-5,8-10,18H2,1H3,(H,19,21);1H. The van der Waals surface area contributed by atoms with Crippen molar-refractivity contribution >= 4 is 28.3 Å². The Kier molecular flexibility index (Phi) is 6.48. The predicted octanol–water partition coefficient (Wildman–Crippen LogP) is 1.18. The van der Waals surface area contributed by atoms with Crippen molar-refractivity contribution in [2.75, 3.05) is 13.1 Å². The van der Waals surface area contributed by atoms with E-state index in [-0.39, 0.29) is 48.3 Å². The van der Waals surface area contributed by atoms with Crippen LogP contribution in [0.3, 0.4) is 0 Å². The highest BCUT2D eigenvalue weighted by atomic mass is 35.5. The van der Waals surface area contributed by atoms with Crippen molar-refractivity contribution in [2.45, 2.75) is 37.1 Å². The van der Waals surface area contributed by atoms with Crippen LogP contribution in [0, 0.1) is 24.7 Å². The molecule has 0 spiro atoms. The van der Waals surface area contributed by atoms with Crippen LogP contribution in [0.1, 0.15) is 24.8 Å². The lowest BCUT2D eigenvalue weighted by Gasteiger charge is -2.27. The molecule has 4 unspecified atom stereocenters. The predicted molar refractivity (Wildman–Crippen MR) is 98.9 cm³/mol. The molecule has 3 rings (SSSR count). The molecular weight excluding hydrogens is 362 g/mol. The van der Waals surface area contributed by atoms with Gasteiger partial charge in [0.15, 0.2) is 0 Å². The van der Waals surface area contributed by atoms with Gasteiger partial charge < -0.3 is 11.1 Å². The van der Waals surface area contributed by atoms with Gasteiger partial charge in [0, 0.05) is 19.1 Å². The number of fused-ring (bicyclic) bond motifs is 2. The third kappa shape index (κ3) is 4.34. The maximum atomic E-state index is 12.3. The Hall–Kier alpha value is -1.15. The number of amides is 1. The number of nitrogens with one attached hydrogen (secondary N) is 2. The molecule has 2 saturated carbocycles. The molecule has 4 N–H and O–H groups in total. The maximum absolute atomic E-state index is 12.3. The number of nitrogens with two attached hydrogens (primary N) is 1. The zero-order valence-corrected chi connectivity index (χ0v) is 15.9. The number of benzene rings is 1. The SMILES string of the molecule is Cc1ccc(S(=O)(=O)NCCNC(=O)C2C3CCC(C3)C2N)cc1.Cl. The van der Waals surface area contributed by atoms with Crippen LogP contribution in [0.4, 0.5) is 0 Å². The molecule has 1 amide bonds. The van der Waals surface area contributed by atoms with Gasteiger partial charge in [-0.25, -0.2) is 13.1 Å². The first-order valence-electron chi connectivity index (χ1n) is 8.48. The summed E-state index contributed by atoms with van der Waals surface area (Å²) in [5.74, 6) is 0.724. The molecule has 0 saturated heterocycles. The summed E-state index contributed by atoms with van der Waals surface area (Å²) in [6.07, 6.45) is 3.27. The molecule has 2 aliphatic carbocycles. The molecular formula is C17H26ClN3O3S. The van der Waals surface area contributed by atoms with E-state index in [4.69, 9.17) is 5.73 Å². The largest absolute Gasteiger partial charge is 0.354 e. The lowest BCUT2D eigenvalue weighted by atomic mass is 9.84. The highest BCUT2D eigenvalue weighted by Gasteiger charge is 2.48. The van der Waals surface area contributed by atoms with E-state index in [0.717, 1.165) is 24.8 Å². The van der Waals surface area contributed by atoms with Crippen molar-refractivity contribution in [3.63, 3.8) is 0 Å². The average molecular weight is 388 g/mol. The highest BCUT2D eigenvalue weighted by molar-refractivity contribution is 7.89. The fraction of sp³-hybridized carbons (Fsp3) is 0.588. The molecule has 1 aromatic carbocycles. The lowest BCUT2D eigenvalue weighted by molar-refractivity contribution is -0.126. The normalized spacial score (nSPS) is 27.8. The van der Waals surface area contributed by atoms with Gasteiger partial charge in [-0.15, -0.1) is 12.4 Å². The third-order valence-electron chi connectivity index (χ3n) is 5.33. The molecule has 140 valence electrons. The van der Waals surface area contributed by atoms with Crippen LogP contribution < -0.4 is 15.8 Å². The van der Waals surface area contributed by atoms with Crippen molar-refractivity contribution in [3.05, 3.63) is 29.8 Å². The van der Waals surface area contributed by atoms with Crippen LogP contribution >= 0.6 is 12.4 Å². The molecule has 6 nitrogen and oxygen atoms in total. The average Bonchev–Trinajstić information content (AvgIpc) is 3.13. The summed E-state index contributed by atoms with van der Waals surface area (Å²) in [4.78, 5) is 12.5. The number of sulfonamides is 1. The van der Waals surface area contributed by atoms with Gasteiger partial charge in [-0.2, -0.15) is 0 Å². The third-order valence-corrected chi connectivity index (χ3v) is 6.81. The van der Waals surface area contributed by atoms with Crippen LogP contribution in [0.25, 0.3) is 0 Å². The molecule has 1 aromatic rings. The Bertz CT molecular complexity index is 706. The topological polar surface area (TPSA) is 101 Å². The summed E-state index contributed by atoms with van der Waals surface area (Å²) in [5.41, 5.74) is 7.16. The van der Waals surface area contributed by atoms with Gasteiger partial charge in [0.1, 0.15) is 0 Å². The highest BCUT2D eigenvalue weighted by Crippen LogP contribution is 2.47. The molecule has 0 heterocycles. The number of hydrogen-bond donors (Lipinski definition) is 3. The second kappa shape index (κ2) is 8.03. The molecule has 2 bridgehead atoms. The molecule has 0 aromatic heterocycles. The molecule has 0 aliphatic heterocycles. The van der Waals surface area contributed by atoms with Crippen molar-refractivity contribution in [2.24, 2.45) is 23.5 Å². The first-order valence-corrected chi connectivity index (χ1v) is 9.96. The first kappa shape index (κ1) is 20.2. The van der Waals surface area contributed by atoms with Gasteiger partial charge in [-0.05, 0) is 50.2 Å². The Labute approximate surface area is 155 Å². The minimum absolute atomic E-state index is 0. The quantitative estimate of drug-likeness (QED) is 0.638. The molecule has 0 radical (unpaired) electrons. The second-order valence-electron chi connectivity index (χ2n) is 6.94. The Morgan fingerprint density at radius 1 is 1.16 bits per heavy atom. The van der Waals surface area contributed by atoms with Crippen molar-refractivity contribution < 1.29 is 13.2 Å². The van der Waals surface area contributed by atoms with Gasteiger partial charge in [0.05, 0.1) is 10.8 Å². The summed E-state index contributed by atoms with van der Waals surface area (Å²) in [6.45, 7) is 2.34. The zero-order valence-electron chi connectivity index (χ0n) is 14.3. The van der Waals surface area contributed by atoms with Gasteiger partial charge in [0.25, 0.3) is 0 Å². The van der Waals surface area contributed by atoms with Gasteiger partial charge in [0.2, 0.25) is 15.9 Å². The molecule has 4 atom stereocenters. The zero-order chi connectivity index (χ0) is 17.3. The summed E-state index contributed by atoms with van der Waals surface area (Å²) in [6, 6.07) is 6.61. The number of carbonyl (C=O) groups is 1. The summed E-state index contributed by atoms with van der Waals surface area (Å²) in [5, 5.41) is 2.83. The Morgan fingerprint density at radius 3 is 2.40 bits per heavy atom. The Balaban J connectivity index is 0.00000225. The van der Waals surface area contributed by atoms with Crippen molar-refractivity contribution in [3.8, 4) is 0 Å². The molecule has 2 fully saturated rings. The van der Waals surface area contributed by atoms with E-state index in [1.165, 1.54) is 0 Å². The molecule has 25 heavy (non-hydrogen) atoms. The smallest absolute Gasteiger partial charge is 0.240 e. The fourth-order valence-electron chi connectivity index (χ4n) is 4.01. The van der Waals surface area contributed by atoms with E-state index in [1.807, 2.05) is 6.92 Å². The first-order chi connectivity index (χ1) is 11.4. The summed E-state index contributed by atoms with van der Waals surface area (Å²) in [7, 11) is -3.54.